The molecule has 0 heterocycles. The first-order valence-corrected chi connectivity index (χ1v) is 6.58. The standard InChI is InChI=1S/C16H16N2O4/c1-10(13-8-7-12(19)9-14(13)20)17-18-16(22)15(21)11-5-3-2-4-6-11/h2-9,15,19-21H,1H3,(H,18,22)/b17-10-/t15-/m0/s1. The number of carbonyl (C=O) groups excluding carboxylic acids is 1. The lowest BCUT2D eigenvalue weighted by Crippen LogP contribution is -2.26. The van der Waals surface area contributed by atoms with Gasteiger partial charge in [-0.3, -0.25) is 4.79 Å². The van der Waals surface area contributed by atoms with Crippen molar-refractivity contribution in [1.82, 2.24) is 5.43 Å². The third-order valence-electron chi connectivity index (χ3n) is 3.07. The van der Waals surface area contributed by atoms with E-state index < -0.39 is 12.0 Å². The summed E-state index contributed by atoms with van der Waals surface area (Å²) < 4.78 is 0. The van der Waals surface area contributed by atoms with Gasteiger partial charge >= 0.3 is 0 Å². The second-order valence-corrected chi connectivity index (χ2v) is 4.69. The number of aromatic hydroxyl groups is 2. The van der Waals surface area contributed by atoms with Crippen LogP contribution in [0.5, 0.6) is 11.5 Å². The van der Waals surface area contributed by atoms with Gasteiger partial charge in [-0.05, 0) is 24.6 Å². The van der Waals surface area contributed by atoms with Gasteiger partial charge < -0.3 is 15.3 Å². The predicted octanol–water partition coefficient (Wildman–Crippen LogP) is 1.67. The number of hydrazone groups is 1. The van der Waals surface area contributed by atoms with Crippen molar-refractivity contribution in [1.29, 1.82) is 0 Å². The summed E-state index contributed by atoms with van der Waals surface area (Å²) in [7, 11) is 0. The molecular weight excluding hydrogens is 284 g/mol. The average molecular weight is 300 g/mol. The van der Waals surface area contributed by atoms with E-state index in [2.05, 4.69) is 10.5 Å². The molecule has 0 aliphatic rings. The molecule has 0 radical (unpaired) electrons. The van der Waals surface area contributed by atoms with Crippen molar-refractivity contribution >= 4 is 11.6 Å². The molecule has 0 bridgehead atoms. The van der Waals surface area contributed by atoms with Gasteiger partial charge in [0.05, 0.1) is 5.71 Å². The van der Waals surface area contributed by atoms with Crippen molar-refractivity contribution in [3.8, 4) is 11.5 Å². The van der Waals surface area contributed by atoms with Crippen LogP contribution < -0.4 is 5.43 Å². The van der Waals surface area contributed by atoms with Gasteiger partial charge in [0.1, 0.15) is 11.5 Å². The molecule has 114 valence electrons. The lowest BCUT2D eigenvalue weighted by Gasteiger charge is -2.10. The second-order valence-electron chi connectivity index (χ2n) is 4.69. The van der Waals surface area contributed by atoms with Gasteiger partial charge in [0.25, 0.3) is 5.91 Å². The summed E-state index contributed by atoms with van der Waals surface area (Å²) in [5, 5.41) is 32.7. The van der Waals surface area contributed by atoms with E-state index in [4.69, 9.17) is 0 Å². The molecule has 1 atom stereocenters. The highest BCUT2D eigenvalue weighted by Gasteiger charge is 2.16. The maximum Gasteiger partial charge on any atom is 0.273 e. The Morgan fingerprint density at radius 3 is 2.45 bits per heavy atom. The number of hydrogen-bond donors (Lipinski definition) is 4. The molecule has 0 aromatic heterocycles. The Balaban J connectivity index is 2.09. The molecular formula is C16H16N2O4. The molecule has 0 saturated heterocycles. The van der Waals surface area contributed by atoms with Crippen LogP contribution in [0.15, 0.2) is 53.6 Å². The number of hydrogen-bond acceptors (Lipinski definition) is 5. The van der Waals surface area contributed by atoms with E-state index in [0.717, 1.165) is 0 Å². The molecule has 0 aliphatic heterocycles. The average Bonchev–Trinajstić information content (AvgIpc) is 2.52. The van der Waals surface area contributed by atoms with Crippen LogP contribution in [0.25, 0.3) is 0 Å². The fraction of sp³-hybridized carbons (Fsp3) is 0.125. The first kappa shape index (κ1) is 15.5. The fourth-order valence-electron chi connectivity index (χ4n) is 1.87. The minimum atomic E-state index is -1.33. The SMILES string of the molecule is C/C(=N/NC(=O)[C@@H](O)c1ccccc1)c1ccc(O)cc1O. The summed E-state index contributed by atoms with van der Waals surface area (Å²) >= 11 is 0. The Labute approximate surface area is 127 Å². The van der Waals surface area contributed by atoms with Crippen LogP contribution in [-0.4, -0.2) is 26.9 Å². The van der Waals surface area contributed by atoms with Crippen molar-refractivity contribution < 1.29 is 20.1 Å². The summed E-state index contributed by atoms with van der Waals surface area (Å²) in [6.45, 7) is 1.58. The number of nitrogens with zero attached hydrogens (tertiary/aromatic N) is 1. The van der Waals surface area contributed by atoms with E-state index >= 15 is 0 Å². The summed E-state index contributed by atoms with van der Waals surface area (Å²) in [4.78, 5) is 11.8. The Bertz CT molecular complexity index is 699. The second kappa shape index (κ2) is 6.73. The fourth-order valence-corrected chi connectivity index (χ4v) is 1.87. The third kappa shape index (κ3) is 3.62. The van der Waals surface area contributed by atoms with Crippen LogP contribution >= 0.6 is 0 Å². The zero-order valence-corrected chi connectivity index (χ0v) is 11.9. The zero-order chi connectivity index (χ0) is 16.1. The molecule has 0 spiro atoms. The smallest absolute Gasteiger partial charge is 0.273 e. The van der Waals surface area contributed by atoms with Gasteiger partial charge in [-0.2, -0.15) is 5.10 Å². The predicted molar refractivity (Wildman–Crippen MR) is 81.5 cm³/mol. The van der Waals surface area contributed by atoms with Crippen LogP contribution in [0.4, 0.5) is 0 Å². The molecule has 6 nitrogen and oxygen atoms in total. The molecule has 6 heteroatoms. The van der Waals surface area contributed by atoms with Crippen LogP contribution in [0.2, 0.25) is 0 Å². The highest BCUT2D eigenvalue weighted by molar-refractivity contribution is 6.01. The molecule has 2 aromatic rings. The number of aliphatic hydroxyl groups excluding tert-OH is 1. The molecule has 2 rings (SSSR count). The van der Waals surface area contributed by atoms with Gasteiger partial charge in [0.15, 0.2) is 6.10 Å². The van der Waals surface area contributed by atoms with Gasteiger partial charge in [-0.1, -0.05) is 30.3 Å². The van der Waals surface area contributed by atoms with Crippen LogP contribution in [0.1, 0.15) is 24.2 Å². The number of nitrogens with one attached hydrogen (secondary N) is 1. The minimum Gasteiger partial charge on any atom is -0.508 e. The van der Waals surface area contributed by atoms with Crippen molar-refractivity contribution in [2.75, 3.05) is 0 Å². The summed E-state index contributed by atoms with van der Waals surface area (Å²) in [5.74, 6) is -0.902. The van der Waals surface area contributed by atoms with Crippen LogP contribution in [0.3, 0.4) is 0 Å². The van der Waals surface area contributed by atoms with E-state index in [1.165, 1.54) is 18.2 Å². The lowest BCUT2D eigenvalue weighted by molar-refractivity contribution is -0.129. The normalized spacial score (nSPS) is 12.7. The van der Waals surface area contributed by atoms with Crippen LogP contribution in [-0.2, 0) is 4.79 Å². The maximum atomic E-state index is 11.8. The zero-order valence-electron chi connectivity index (χ0n) is 11.9. The molecule has 22 heavy (non-hydrogen) atoms. The highest BCUT2D eigenvalue weighted by Crippen LogP contribution is 2.23. The molecule has 0 aliphatic carbocycles. The number of phenolic OH excluding ortho intramolecular Hbond substituents is 2. The van der Waals surface area contributed by atoms with E-state index in [-0.39, 0.29) is 11.5 Å². The number of aliphatic hydroxyl groups is 1. The van der Waals surface area contributed by atoms with Gasteiger partial charge in [-0.15, -0.1) is 0 Å². The minimum absolute atomic E-state index is 0.0717. The quantitative estimate of drug-likeness (QED) is 0.509. The monoisotopic (exact) mass is 300 g/mol. The lowest BCUT2D eigenvalue weighted by atomic mass is 10.1. The first-order chi connectivity index (χ1) is 10.5. The van der Waals surface area contributed by atoms with Crippen molar-refractivity contribution in [2.45, 2.75) is 13.0 Å². The number of amides is 1. The van der Waals surface area contributed by atoms with Crippen molar-refractivity contribution in [3.63, 3.8) is 0 Å². The maximum absolute atomic E-state index is 11.8. The van der Waals surface area contributed by atoms with E-state index in [0.29, 0.717) is 16.8 Å². The highest BCUT2D eigenvalue weighted by atomic mass is 16.3. The molecule has 0 unspecified atom stereocenters. The molecule has 4 N–H and O–H groups in total. The first-order valence-electron chi connectivity index (χ1n) is 6.58. The molecule has 0 saturated carbocycles. The van der Waals surface area contributed by atoms with Crippen molar-refractivity contribution in [2.24, 2.45) is 5.10 Å². The molecule has 0 fully saturated rings. The number of carbonyl (C=O) groups is 1. The number of phenols is 2. The Kier molecular flexibility index (Phi) is 4.75. The summed E-state index contributed by atoms with van der Waals surface area (Å²) in [6, 6.07) is 12.5. The Morgan fingerprint density at radius 2 is 1.82 bits per heavy atom. The molecule has 2 aromatic carbocycles. The van der Waals surface area contributed by atoms with Gasteiger partial charge in [0, 0.05) is 11.6 Å². The van der Waals surface area contributed by atoms with E-state index in [9.17, 15) is 20.1 Å². The molecule has 1 amide bonds. The Morgan fingerprint density at radius 1 is 1.14 bits per heavy atom. The number of benzene rings is 2. The summed E-state index contributed by atoms with van der Waals surface area (Å²) in [6.07, 6.45) is -1.33. The van der Waals surface area contributed by atoms with Crippen LogP contribution in [0, 0.1) is 0 Å². The topological polar surface area (TPSA) is 102 Å². The summed E-state index contributed by atoms with van der Waals surface area (Å²) in [5.41, 5.74) is 3.41. The van der Waals surface area contributed by atoms with E-state index in [1.807, 2.05) is 0 Å². The third-order valence-corrected chi connectivity index (χ3v) is 3.07. The largest absolute Gasteiger partial charge is 0.508 e. The van der Waals surface area contributed by atoms with Gasteiger partial charge in [0.2, 0.25) is 0 Å². The number of rotatable bonds is 4. The van der Waals surface area contributed by atoms with Gasteiger partial charge in [-0.25, -0.2) is 5.43 Å². The van der Waals surface area contributed by atoms with Crippen molar-refractivity contribution in [3.05, 3.63) is 59.7 Å². The Hall–Kier alpha value is -2.86. The van der Waals surface area contributed by atoms with E-state index in [1.54, 1.807) is 37.3 Å².